The summed E-state index contributed by atoms with van der Waals surface area (Å²) in [6.07, 6.45) is 1.39. The molecule has 0 radical (unpaired) electrons. The number of carbonyl (C=O) groups excluding carboxylic acids is 3. The smallest absolute Gasteiger partial charge is 0.323 e. The fraction of sp³-hybridized carbons (Fsp3) is 0.174. The van der Waals surface area contributed by atoms with Gasteiger partial charge in [-0.2, -0.15) is 0 Å². The average Bonchev–Trinajstić information content (AvgIpc) is 3.27. The highest BCUT2D eigenvalue weighted by Gasteiger charge is 2.25. The standard InChI is InChI=1S/C23H24N4O4/c1-15(2)20(27-21(28)19-12-7-13-31-19)22(29)24-17-10-6-11-18(14-17)26-23(30)25-16-8-4-3-5-9-16/h3-15,20H,1-2H3,(H,24,29)(H,27,28)(H2,25,26,30)/t20-/m0/s1. The molecule has 160 valence electrons. The molecule has 4 amide bonds. The molecule has 0 saturated carbocycles. The molecule has 31 heavy (non-hydrogen) atoms. The van der Waals surface area contributed by atoms with Crippen LogP contribution in [0, 0.1) is 5.92 Å². The van der Waals surface area contributed by atoms with Gasteiger partial charge in [0.25, 0.3) is 5.91 Å². The van der Waals surface area contributed by atoms with Crippen LogP contribution in [0.15, 0.2) is 77.4 Å². The summed E-state index contributed by atoms with van der Waals surface area (Å²) in [6, 6.07) is 17.8. The Hall–Kier alpha value is -4.07. The third kappa shape index (κ3) is 6.20. The minimum absolute atomic E-state index is 0.133. The molecule has 0 fully saturated rings. The Morgan fingerprint density at radius 2 is 1.42 bits per heavy atom. The molecule has 0 bridgehead atoms. The Kier molecular flexibility index (Phi) is 7.05. The first-order chi connectivity index (χ1) is 14.9. The van der Waals surface area contributed by atoms with E-state index in [1.54, 1.807) is 42.5 Å². The maximum absolute atomic E-state index is 12.8. The number of hydrogen-bond donors (Lipinski definition) is 4. The Morgan fingerprint density at radius 3 is 2.06 bits per heavy atom. The number of amides is 4. The van der Waals surface area contributed by atoms with Gasteiger partial charge in [0, 0.05) is 17.1 Å². The SMILES string of the molecule is CC(C)[C@H](NC(=O)c1ccco1)C(=O)Nc1cccc(NC(=O)Nc2ccccc2)c1. The number of rotatable bonds is 7. The Balaban J connectivity index is 1.62. The molecular weight excluding hydrogens is 396 g/mol. The van der Waals surface area contributed by atoms with E-state index in [9.17, 15) is 14.4 Å². The number of furan rings is 1. The molecule has 1 aromatic heterocycles. The zero-order valence-electron chi connectivity index (χ0n) is 17.2. The van der Waals surface area contributed by atoms with Crippen LogP contribution in [0.1, 0.15) is 24.4 Å². The summed E-state index contributed by atoms with van der Waals surface area (Å²) in [5.74, 6) is -0.862. The van der Waals surface area contributed by atoms with Crippen molar-refractivity contribution < 1.29 is 18.8 Å². The first-order valence-electron chi connectivity index (χ1n) is 9.80. The van der Waals surface area contributed by atoms with Gasteiger partial charge in [0.2, 0.25) is 5.91 Å². The summed E-state index contributed by atoms with van der Waals surface area (Å²) in [5, 5.41) is 10.9. The van der Waals surface area contributed by atoms with Crippen molar-refractivity contribution in [2.45, 2.75) is 19.9 Å². The van der Waals surface area contributed by atoms with Gasteiger partial charge in [-0.05, 0) is 48.4 Å². The number of para-hydroxylation sites is 1. The summed E-state index contributed by atoms with van der Waals surface area (Å²) in [4.78, 5) is 37.2. The van der Waals surface area contributed by atoms with Gasteiger partial charge in [-0.15, -0.1) is 0 Å². The van der Waals surface area contributed by atoms with Gasteiger partial charge >= 0.3 is 6.03 Å². The van der Waals surface area contributed by atoms with Crippen molar-refractivity contribution in [3.8, 4) is 0 Å². The first kappa shape index (κ1) is 21.6. The molecule has 2 aromatic carbocycles. The van der Waals surface area contributed by atoms with E-state index in [-0.39, 0.29) is 17.6 Å². The van der Waals surface area contributed by atoms with Gasteiger partial charge in [-0.3, -0.25) is 9.59 Å². The van der Waals surface area contributed by atoms with Crippen molar-refractivity contribution in [3.63, 3.8) is 0 Å². The van der Waals surface area contributed by atoms with Crippen LogP contribution in [-0.2, 0) is 4.79 Å². The van der Waals surface area contributed by atoms with E-state index in [4.69, 9.17) is 4.42 Å². The lowest BCUT2D eigenvalue weighted by molar-refractivity contribution is -0.118. The predicted molar refractivity (Wildman–Crippen MR) is 119 cm³/mol. The summed E-state index contributed by atoms with van der Waals surface area (Å²) in [6.45, 7) is 3.66. The molecule has 0 spiro atoms. The molecule has 0 saturated heterocycles. The third-order valence-corrected chi connectivity index (χ3v) is 4.40. The zero-order valence-corrected chi connectivity index (χ0v) is 17.2. The largest absolute Gasteiger partial charge is 0.459 e. The summed E-state index contributed by atoms with van der Waals surface area (Å²) < 4.78 is 5.08. The van der Waals surface area contributed by atoms with Gasteiger partial charge in [-0.1, -0.05) is 38.1 Å². The van der Waals surface area contributed by atoms with Crippen LogP contribution in [-0.4, -0.2) is 23.9 Å². The number of anilines is 3. The van der Waals surface area contributed by atoms with Crippen molar-refractivity contribution in [3.05, 3.63) is 78.8 Å². The van der Waals surface area contributed by atoms with Crippen LogP contribution in [0.3, 0.4) is 0 Å². The number of nitrogens with one attached hydrogen (secondary N) is 4. The molecule has 0 aliphatic carbocycles. The maximum Gasteiger partial charge on any atom is 0.323 e. The molecule has 3 rings (SSSR count). The molecule has 0 unspecified atom stereocenters. The molecule has 8 heteroatoms. The van der Waals surface area contributed by atoms with E-state index in [0.717, 1.165) is 0 Å². The average molecular weight is 420 g/mol. The van der Waals surface area contributed by atoms with E-state index < -0.39 is 18.0 Å². The second-order valence-corrected chi connectivity index (χ2v) is 7.19. The van der Waals surface area contributed by atoms with Crippen molar-refractivity contribution in [1.82, 2.24) is 5.32 Å². The molecule has 0 aliphatic rings. The fourth-order valence-corrected chi connectivity index (χ4v) is 2.86. The quantitative estimate of drug-likeness (QED) is 0.456. The van der Waals surface area contributed by atoms with Gasteiger partial charge < -0.3 is 25.7 Å². The van der Waals surface area contributed by atoms with Gasteiger partial charge in [0.15, 0.2) is 5.76 Å². The maximum atomic E-state index is 12.8. The number of hydrogen-bond acceptors (Lipinski definition) is 4. The first-order valence-corrected chi connectivity index (χ1v) is 9.80. The fourth-order valence-electron chi connectivity index (χ4n) is 2.86. The molecule has 8 nitrogen and oxygen atoms in total. The second-order valence-electron chi connectivity index (χ2n) is 7.19. The highest BCUT2D eigenvalue weighted by atomic mass is 16.3. The number of benzene rings is 2. The normalized spacial score (nSPS) is 11.5. The number of urea groups is 1. The lowest BCUT2D eigenvalue weighted by Gasteiger charge is -2.21. The van der Waals surface area contributed by atoms with Gasteiger partial charge in [-0.25, -0.2) is 4.79 Å². The molecule has 4 N–H and O–H groups in total. The van der Waals surface area contributed by atoms with Crippen LogP contribution >= 0.6 is 0 Å². The van der Waals surface area contributed by atoms with E-state index >= 15 is 0 Å². The minimum Gasteiger partial charge on any atom is -0.459 e. The molecule has 3 aromatic rings. The van der Waals surface area contributed by atoms with Crippen LogP contribution in [0.25, 0.3) is 0 Å². The van der Waals surface area contributed by atoms with Crippen molar-refractivity contribution in [2.24, 2.45) is 5.92 Å². The van der Waals surface area contributed by atoms with E-state index in [1.807, 2.05) is 32.0 Å². The summed E-state index contributed by atoms with van der Waals surface area (Å²) >= 11 is 0. The van der Waals surface area contributed by atoms with Crippen LogP contribution < -0.4 is 21.3 Å². The third-order valence-electron chi connectivity index (χ3n) is 4.40. The van der Waals surface area contributed by atoms with Gasteiger partial charge in [0.05, 0.1) is 6.26 Å². The molecular formula is C23H24N4O4. The minimum atomic E-state index is -0.768. The lowest BCUT2D eigenvalue weighted by Crippen LogP contribution is -2.47. The topological polar surface area (TPSA) is 112 Å². The Bertz CT molecular complexity index is 1030. The van der Waals surface area contributed by atoms with E-state index in [1.165, 1.54) is 12.3 Å². The lowest BCUT2D eigenvalue weighted by atomic mass is 10.0. The summed E-state index contributed by atoms with van der Waals surface area (Å²) in [7, 11) is 0. The van der Waals surface area contributed by atoms with Crippen LogP contribution in [0.2, 0.25) is 0 Å². The Morgan fingerprint density at radius 1 is 0.774 bits per heavy atom. The highest BCUT2D eigenvalue weighted by molar-refractivity contribution is 6.02. The van der Waals surface area contributed by atoms with Crippen LogP contribution in [0.5, 0.6) is 0 Å². The molecule has 0 aliphatic heterocycles. The highest BCUT2D eigenvalue weighted by Crippen LogP contribution is 2.17. The molecule has 1 heterocycles. The number of carbonyl (C=O) groups is 3. The Labute approximate surface area is 180 Å². The second kappa shape index (κ2) is 10.1. The van der Waals surface area contributed by atoms with E-state index in [0.29, 0.717) is 17.1 Å². The van der Waals surface area contributed by atoms with Crippen molar-refractivity contribution in [2.75, 3.05) is 16.0 Å². The van der Waals surface area contributed by atoms with Gasteiger partial charge in [0.1, 0.15) is 6.04 Å². The zero-order chi connectivity index (χ0) is 22.2. The monoisotopic (exact) mass is 420 g/mol. The van der Waals surface area contributed by atoms with Crippen molar-refractivity contribution >= 4 is 34.9 Å². The summed E-state index contributed by atoms with van der Waals surface area (Å²) in [5.41, 5.74) is 1.66. The van der Waals surface area contributed by atoms with Crippen LogP contribution in [0.4, 0.5) is 21.9 Å². The predicted octanol–water partition coefficient (Wildman–Crippen LogP) is 4.32. The van der Waals surface area contributed by atoms with Crippen molar-refractivity contribution in [1.29, 1.82) is 0 Å². The molecule has 1 atom stereocenters. The van der Waals surface area contributed by atoms with E-state index in [2.05, 4.69) is 21.3 Å².